The van der Waals surface area contributed by atoms with Crippen LogP contribution in [0.1, 0.15) is 21.5 Å². The molecule has 3 aromatic rings. The zero-order valence-electron chi connectivity index (χ0n) is 15.6. The Balaban J connectivity index is 1.67. The molecule has 6 nitrogen and oxygen atoms in total. The van der Waals surface area contributed by atoms with E-state index in [0.717, 1.165) is 16.0 Å². The second-order valence-corrected chi connectivity index (χ2v) is 8.00. The first-order valence-electron chi connectivity index (χ1n) is 8.74. The van der Waals surface area contributed by atoms with E-state index in [4.69, 9.17) is 4.42 Å². The van der Waals surface area contributed by atoms with Crippen molar-refractivity contribution in [1.29, 1.82) is 0 Å². The van der Waals surface area contributed by atoms with Crippen LogP contribution in [0.3, 0.4) is 0 Å². The number of ketones is 1. The van der Waals surface area contributed by atoms with Gasteiger partial charge in [0, 0.05) is 10.5 Å². The Hall–Kier alpha value is -2.90. The molecular weight excluding hydrogens is 376 g/mol. The standard InChI is InChI=1S/C21H18N2O4S/c1-11-8-14-16(9-12(11)2)27-10-15(19(14)24)22-21(26)18-20(25)13-6-4-5-7-17(13)28-23(18)3/h4-10,18H,1-3H3,(H,22,26). The molecule has 4 rings (SSSR count). The molecule has 1 N–H and O–H groups in total. The molecule has 142 valence electrons. The number of aryl methyl sites for hydroxylation is 2. The number of likely N-dealkylation sites (N-methyl/N-ethyl adjacent to an activating group) is 1. The minimum atomic E-state index is -1.03. The number of benzene rings is 2. The third-order valence-electron chi connectivity index (χ3n) is 4.90. The van der Waals surface area contributed by atoms with Gasteiger partial charge < -0.3 is 9.73 Å². The minimum Gasteiger partial charge on any atom is -0.462 e. The molecule has 0 saturated heterocycles. The molecule has 0 radical (unpaired) electrons. The maximum absolute atomic E-state index is 12.8. The van der Waals surface area contributed by atoms with Crippen molar-refractivity contribution in [2.75, 3.05) is 12.4 Å². The average molecular weight is 394 g/mol. The molecule has 1 aliphatic rings. The van der Waals surface area contributed by atoms with Crippen molar-refractivity contribution in [2.24, 2.45) is 0 Å². The molecule has 1 amide bonds. The smallest absolute Gasteiger partial charge is 0.250 e. The van der Waals surface area contributed by atoms with Gasteiger partial charge in [-0.25, -0.2) is 4.31 Å². The highest BCUT2D eigenvalue weighted by atomic mass is 32.2. The van der Waals surface area contributed by atoms with Gasteiger partial charge in [0.1, 0.15) is 17.5 Å². The molecule has 0 fully saturated rings. The van der Waals surface area contributed by atoms with Crippen LogP contribution in [0.2, 0.25) is 0 Å². The summed E-state index contributed by atoms with van der Waals surface area (Å²) in [6, 6.07) is 9.66. The average Bonchev–Trinajstić information content (AvgIpc) is 2.66. The van der Waals surface area contributed by atoms with E-state index < -0.39 is 11.9 Å². The van der Waals surface area contributed by atoms with Crippen LogP contribution in [-0.2, 0) is 4.79 Å². The third kappa shape index (κ3) is 3.02. The lowest BCUT2D eigenvalue weighted by molar-refractivity contribution is -0.118. The van der Waals surface area contributed by atoms with E-state index in [1.54, 1.807) is 35.6 Å². The molecule has 1 aliphatic heterocycles. The fraction of sp³-hybridized carbons (Fsp3) is 0.190. The van der Waals surface area contributed by atoms with Gasteiger partial charge in [0.25, 0.3) is 5.91 Å². The fourth-order valence-corrected chi connectivity index (χ4v) is 4.24. The first-order chi connectivity index (χ1) is 13.4. The van der Waals surface area contributed by atoms with Gasteiger partial charge in [-0.3, -0.25) is 14.4 Å². The zero-order chi connectivity index (χ0) is 20.0. The number of rotatable bonds is 2. The van der Waals surface area contributed by atoms with Gasteiger partial charge in [0.05, 0.1) is 5.39 Å². The van der Waals surface area contributed by atoms with E-state index >= 15 is 0 Å². The molecule has 28 heavy (non-hydrogen) atoms. The normalized spacial score (nSPS) is 16.8. The van der Waals surface area contributed by atoms with E-state index in [1.165, 1.54) is 18.2 Å². The SMILES string of the molecule is Cc1cc2occ(NC(=O)C3C(=O)c4ccccc4SN3C)c(=O)c2cc1C. The number of hydrogen-bond acceptors (Lipinski definition) is 6. The molecule has 2 aromatic carbocycles. The Morgan fingerprint density at radius 3 is 2.64 bits per heavy atom. The highest BCUT2D eigenvalue weighted by molar-refractivity contribution is 7.97. The van der Waals surface area contributed by atoms with Gasteiger partial charge in [-0.05, 0) is 62.2 Å². The minimum absolute atomic E-state index is 0.0193. The summed E-state index contributed by atoms with van der Waals surface area (Å²) in [5.74, 6) is -0.865. The van der Waals surface area contributed by atoms with E-state index in [9.17, 15) is 14.4 Å². The molecule has 1 aromatic heterocycles. The summed E-state index contributed by atoms with van der Waals surface area (Å²) >= 11 is 1.32. The first kappa shape index (κ1) is 18.5. The van der Waals surface area contributed by atoms with Crippen LogP contribution in [0.15, 0.2) is 56.8 Å². The molecule has 7 heteroatoms. The largest absolute Gasteiger partial charge is 0.462 e. The second kappa shape index (κ2) is 6.92. The van der Waals surface area contributed by atoms with Crippen molar-refractivity contribution in [3.8, 4) is 0 Å². The van der Waals surface area contributed by atoms with Crippen molar-refractivity contribution < 1.29 is 14.0 Å². The number of nitrogens with zero attached hydrogens (tertiary/aromatic N) is 1. The topological polar surface area (TPSA) is 79.6 Å². The van der Waals surface area contributed by atoms with Crippen molar-refractivity contribution in [2.45, 2.75) is 24.8 Å². The summed E-state index contributed by atoms with van der Waals surface area (Å²) in [5, 5.41) is 2.97. The van der Waals surface area contributed by atoms with Crippen molar-refractivity contribution in [3.05, 3.63) is 69.6 Å². The summed E-state index contributed by atoms with van der Waals surface area (Å²) < 4.78 is 7.13. The van der Waals surface area contributed by atoms with Crippen LogP contribution < -0.4 is 10.7 Å². The van der Waals surface area contributed by atoms with Crippen molar-refractivity contribution >= 4 is 40.3 Å². The van der Waals surface area contributed by atoms with E-state index in [-0.39, 0.29) is 16.9 Å². The fourth-order valence-electron chi connectivity index (χ4n) is 3.23. The molecule has 0 saturated carbocycles. The summed E-state index contributed by atoms with van der Waals surface area (Å²) in [4.78, 5) is 39.3. The van der Waals surface area contributed by atoms with Gasteiger partial charge in [-0.15, -0.1) is 0 Å². The Labute approximate surface area is 165 Å². The monoisotopic (exact) mass is 394 g/mol. The third-order valence-corrected chi connectivity index (χ3v) is 5.95. The van der Waals surface area contributed by atoms with Crippen LogP contribution in [0.25, 0.3) is 11.0 Å². The van der Waals surface area contributed by atoms with E-state index in [2.05, 4.69) is 5.32 Å². The van der Waals surface area contributed by atoms with Crippen molar-refractivity contribution in [3.63, 3.8) is 0 Å². The summed E-state index contributed by atoms with van der Waals surface area (Å²) in [6.07, 6.45) is 1.23. The maximum Gasteiger partial charge on any atom is 0.250 e. The summed E-state index contributed by atoms with van der Waals surface area (Å²) in [5.41, 5.74) is 2.61. The lowest BCUT2D eigenvalue weighted by atomic mass is 10.0. The zero-order valence-corrected chi connectivity index (χ0v) is 16.4. The number of nitrogens with one attached hydrogen (secondary N) is 1. The van der Waals surface area contributed by atoms with Crippen LogP contribution in [-0.4, -0.2) is 29.1 Å². The van der Waals surface area contributed by atoms with Gasteiger partial charge in [-0.1, -0.05) is 18.2 Å². The highest BCUT2D eigenvalue weighted by Crippen LogP contribution is 2.34. The molecule has 0 bridgehead atoms. The second-order valence-electron chi connectivity index (χ2n) is 6.80. The molecule has 1 atom stereocenters. The Morgan fingerprint density at radius 2 is 1.86 bits per heavy atom. The molecule has 0 aliphatic carbocycles. The highest BCUT2D eigenvalue weighted by Gasteiger charge is 2.37. The van der Waals surface area contributed by atoms with Crippen LogP contribution in [0.5, 0.6) is 0 Å². The van der Waals surface area contributed by atoms with E-state index in [1.807, 2.05) is 26.0 Å². The maximum atomic E-state index is 12.8. The predicted molar refractivity (Wildman–Crippen MR) is 109 cm³/mol. The lowest BCUT2D eigenvalue weighted by Gasteiger charge is -2.30. The number of Topliss-reactive ketones (excluding diaryl/α,β-unsaturated/α-hetero) is 1. The summed E-state index contributed by atoms with van der Waals surface area (Å²) in [6.45, 7) is 3.84. The predicted octanol–water partition coefficient (Wildman–Crippen LogP) is 3.55. The van der Waals surface area contributed by atoms with Crippen LogP contribution in [0.4, 0.5) is 5.69 Å². The van der Waals surface area contributed by atoms with E-state index in [0.29, 0.717) is 16.5 Å². The Kier molecular flexibility index (Phi) is 4.56. The van der Waals surface area contributed by atoms with Gasteiger partial charge >= 0.3 is 0 Å². The van der Waals surface area contributed by atoms with Crippen LogP contribution >= 0.6 is 11.9 Å². The molecular formula is C21H18N2O4S. The summed E-state index contributed by atoms with van der Waals surface area (Å²) in [7, 11) is 1.68. The number of anilines is 1. The molecule has 1 unspecified atom stereocenters. The number of amides is 1. The quantitative estimate of drug-likeness (QED) is 0.529. The van der Waals surface area contributed by atoms with Crippen LogP contribution in [0, 0.1) is 13.8 Å². The number of hydrogen-bond donors (Lipinski definition) is 1. The van der Waals surface area contributed by atoms with Gasteiger partial charge in [-0.2, -0.15) is 0 Å². The Bertz CT molecular complexity index is 1180. The van der Waals surface area contributed by atoms with Crippen molar-refractivity contribution in [1.82, 2.24) is 4.31 Å². The molecule has 2 heterocycles. The van der Waals surface area contributed by atoms with Gasteiger partial charge in [0.2, 0.25) is 5.43 Å². The first-order valence-corrected chi connectivity index (χ1v) is 9.52. The number of fused-ring (bicyclic) bond motifs is 2. The number of carbonyl (C=O) groups excluding carboxylic acids is 2. The molecule has 0 spiro atoms. The lowest BCUT2D eigenvalue weighted by Crippen LogP contribution is -2.47. The number of carbonyl (C=O) groups is 2. The Morgan fingerprint density at radius 1 is 1.14 bits per heavy atom. The van der Waals surface area contributed by atoms with Gasteiger partial charge in [0.15, 0.2) is 11.8 Å².